The summed E-state index contributed by atoms with van der Waals surface area (Å²) in [6.07, 6.45) is -0.295. The summed E-state index contributed by atoms with van der Waals surface area (Å²) in [5.41, 5.74) is 0.506. The van der Waals surface area contributed by atoms with Gasteiger partial charge in [-0.05, 0) is 32.8 Å². The molecule has 0 aliphatic carbocycles. The summed E-state index contributed by atoms with van der Waals surface area (Å²) < 4.78 is 8.19. The maximum atomic E-state index is 12.4. The Balaban J connectivity index is 3.34. The van der Waals surface area contributed by atoms with Crippen molar-refractivity contribution in [1.82, 2.24) is 5.32 Å². The number of thiophene rings is 1. The number of hydrogen-bond donors (Lipinski definition) is 2. The van der Waals surface area contributed by atoms with Crippen LogP contribution in [0.1, 0.15) is 59.2 Å². The van der Waals surface area contributed by atoms with E-state index in [1.807, 2.05) is 6.92 Å². The second-order valence-electron chi connectivity index (χ2n) is 5.64. The molecule has 7 nitrogen and oxygen atoms in total. The molecule has 1 atom stereocenters. The van der Waals surface area contributed by atoms with Gasteiger partial charge in [0.25, 0.3) is 0 Å². The van der Waals surface area contributed by atoms with Crippen LogP contribution in [0.15, 0.2) is 0 Å². The fourth-order valence-corrected chi connectivity index (χ4v) is 3.69. The van der Waals surface area contributed by atoms with E-state index in [0.29, 0.717) is 12.0 Å². The molecule has 1 rings (SSSR count). The fraction of sp³-hybridized carbons (Fsp3) is 0.588. The second-order valence-corrected chi connectivity index (χ2v) is 9.03. The van der Waals surface area contributed by atoms with Gasteiger partial charge in [-0.15, -0.1) is 11.3 Å². The summed E-state index contributed by atoms with van der Waals surface area (Å²) in [5, 5.41) is 5.67. The van der Waals surface area contributed by atoms with E-state index >= 15 is 0 Å². The van der Waals surface area contributed by atoms with Gasteiger partial charge in [0.15, 0.2) is 0 Å². The van der Waals surface area contributed by atoms with Crippen molar-refractivity contribution in [1.29, 1.82) is 0 Å². The quantitative estimate of drug-likeness (QED) is 0.313. The van der Waals surface area contributed by atoms with E-state index in [1.165, 1.54) is 0 Å². The zero-order valence-electron chi connectivity index (χ0n) is 16.0. The van der Waals surface area contributed by atoms with E-state index in [2.05, 4.69) is 10.6 Å². The zero-order valence-corrected chi connectivity index (χ0v) is 19.1. The third-order valence-electron chi connectivity index (χ3n) is 3.47. The highest BCUT2D eigenvalue weighted by molar-refractivity contribution is 7.18. The SMILES string of the molecule is CCCC(=O)N[C@@H](Nc1sc(C(=O)OCC)c(C)c1C(=O)OCC)C(Cl)(Cl)Cl. The number of alkyl halides is 3. The zero-order chi connectivity index (χ0) is 21.5. The average molecular weight is 474 g/mol. The van der Waals surface area contributed by atoms with E-state index < -0.39 is 21.9 Å². The number of carbonyl (C=O) groups excluding carboxylic acids is 3. The first-order chi connectivity index (χ1) is 13.1. The number of carbonyl (C=O) groups is 3. The maximum Gasteiger partial charge on any atom is 0.348 e. The number of anilines is 1. The number of hydrogen-bond acceptors (Lipinski definition) is 7. The predicted octanol–water partition coefficient (Wildman–Crippen LogP) is 4.43. The van der Waals surface area contributed by atoms with Crippen LogP contribution in [0.5, 0.6) is 0 Å². The van der Waals surface area contributed by atoms with Crippen LogP contribution in [0, 0.1) is 6.92 Å². The first-order valence-electron chi connectivity index (χ1n) is 8.66. The normalized spacial score (nSPS) is 12.2. The predicted molar refractivity (Wildman–Crippen MR) is 112 cm³/mol. The number of halogens is 3. The standard InChI is InChI=1S/C17H23Cl3N2O5S/c1-5-8-10(23)21-16(17(18,19)20)22-13-11(14(24)26-6-2)9(4)12(28-13)15(25)27-7-3/h16,22H,5-8H2,1-4H3,(H,21,23)/t16-/m0/s1. The summed E-state index contributed by atoms with van der Waals surface area (Å²) >= 11 is 18.9. The lowest BCUT2D eigenvalue weighted by Crippen LogP contribution is -2.49. The Morgan fingerprint density at radius 1 is 1.07 bits per heavy atom. The molecule has 0 saturated heterocycles. The van der Waals surface area contributed by atoms with Crippen LogP contribution in [0.3, 0.4) is 0 Å². The maximum absolute atomic E-state index is 12.4. The van der Waals surface area contributed by atoms with Crippen LogP contribution < -0.4 is 10.6 Å². The fourth-order valence-electron chi connectivity index (χ4n) is 2.25. The Hall–Kier alpha value is -1.22. The lowest BCUT2D eigenvalue weighted by atomic mass is 10.1. The molecule has 2 N–H and O–H groups in total. The van der Waals surface area contributed by atoms with Gasteiger partial charge in [-0.1, -0.05) is 41.7 Å². The lowest BCUT2D eigenvalue weighted by molar-refractivity contribution is -0.121. The van der Waals surface area contributed by atoms with Crippen molar-refractivity contribution in [2.75, 3.05) is 18.5 Å². The first kappa shape index (κ1) is 24.8. The van der Waals surface area contributed by atoms with E-state index in [4.69, 9.17) is 44.3 Å². The monoisotopic (exact) mass is 472 g/mol. The summed E-state index contributed by atoms with van der Waals surface area (Å²) in [4.78, 5) is 36.9. The number of amides is 1. The van der Waals surface area contributed by atoms with Crippen LogP contribution in [-0.4, -0.2) is 41.0 Å². The molecule has 0 aromatic carbocycles. The lowest BCUT2D eigenvalue weighted by Gasteiger charge is -2.27. The third kappa shape index (κ3) is 6.69. The van der Waals surface area contributed by atoms with Gasteiger partial charge in [-0.3, -0.25) is 4.79 Å². The van der Waals surface area contributed by atoms with Crippen LogP contribution >= 0.6 is 46.1 Å². The molecule has 0 aliphatic rings. The van der Waals surface area contributed by atoms with Crippen LogP contribution in [0.2, 0.25) is 0 Å². The Bertz CT molecular complexity index is 718. The highest BCUT2D eigenvalue weighted by Crippen LogP contribution is 2.38. The molecule has 0 aliphatic heterocycles. The Morgan fingerprint density at radius 3 is 2.14 bits per heavy atom. The third-order valence-corrected chi connectivity index (χ3v) is 5.33. The number of ether oxygens (including phenoxy) is 2. The summed E-state index contributed by atoms with van der Waals surface area (Å²) in [6.45, 7) is 7.09. The van der Waals surface area contributed by atoms with Gasteiger partial charge in [-0.25, -0.2) is 9.59 Å². The molecule has 11 heteroatoms. The molecule has 158 valence electrons. The van der Waals surface area contributed by atoms with Gasteiger partial charge in [0, 0.05) is 6.42 Å². The van der Waals surface area contributed by atoms with Gasteiger partial charge in [0.2, 0.25) is 9.70 Å². The minimum absolute atomic E-state index is 0.124. The molecule has 28 heavy (non-hydrogen) atoms. The topological polar surface area (TPSA) is 93.7 Å². The number of esters is 2. The molecule has 0 radical (unpaired) electrons. The van der Waals surface area contributed by atoms with E-state index in [0.717, 1.165) is 11.3 Å². The summed E-state index contributed by atoms with van der Waals surface area (Å²) in [6, 6.07) is 0. The largest absolute Gasteiger partial charge is 0.462 e. The van der Waals surface area contributed by atoms with Crippen LogP contribution in [-0.2, 0) is 14.3 Å². The highest BCUT2D eigenvalue weighted by Gasteiger charge is 2.36. The van der Waals surface area contributed by atoms with Gasteiger partial charge >= 0.3 is 11.9 Å². The van der Waals surface area contributed by atoms with Crippen molar-refractivity contribution in [2.24, 2.45) is 0 Å². The van der Waals surface area contributed by atoms with Crippen molar-refractivity contribution < 1.29 is 23.9 Å². The van der Waals surface area contributed by atoms with Crippen molar-refractivity contribution in [2.45, 2.75) is 50.5 Å². The van der Waals surface area contributed by atoms with Gasteiger partial charge in [0.05, 0.1) is 18.8 Å². The Morgan fingerprint density at radius 2 is 1.64 bits per heavy atom. The van der Waals surface area contributed by atoms with Gasteiger partial charge in [0.1, 0.15) is 16.0 Å². The van der Waals surface area contributed by atoms with E-state index in [-0.39, 0.29) is 41.0 Å². The van der Waals surface area contributed by atoms with Crippen molar-refractivity contribution in [3.63, 3.8) is 0 Å². The molecule has 0 spiro atoms. The van der Waals surface area contributed by atoms with Gasteiger partial charge < -0.3 is 20.1 Å². The molecule has 0 unspecified atom stereocenters. The smallest absolute Gasteiger partial charge is 0.348 e. The number of nitrogens with one attached hydrogen (secondary N) is 2. The molecule has 1 amide bonds. The molecule has 1 aromatic rings. The van der Waals surface area contributed by atoms with E-state index in [9.17, 15) is 14.4 Å². The van der Waals surface area contributed by atoms with Crippen LogP contribution in [0.4, 0.5) is 5.00 Å². The highest BCUT2D eigenvalue weighted by atomic mass is 35.6. The minimum Gasteiger partial charge on any atom is -0.462 e. The second kappa shape index (κ2) is 11.1. The number of rotatable bonds is 9. The average Bonchev–Trinajstić information content (AvgIpc) is 2.90. The van der Waals surface area contributed by atoms with Crippen molar-refractivity contribution in [3.05, 3.63) is 16.0 Å². The Labute approximate surface area is 183 Å². The molecule has 0 bridgehead atoms. The summed E-state index contributed by atoms with van der Waals surface area (Å²) in [5.74, 6) is -1.55. The molecular weight excluding hydrogens is 451 g/mol. The molecule has 0 saturated carbocycles. The summed E-state index contributed by atoms with van der Waals surface area (Å²) in [7, 11) is 0. The minimum atomic E-state index is -1.92. The first-order valence-corrected chi connectivity index (χ1v) is 10.6. The van der Waals surface area contributed by atoms with Crippen LogP contribution in [0.25, 0.3) is 0 Å². The molecule has 1 heterocycles. The van der Waals surface area contributed by atoms with Gasteiger partial charge in [-0.2, -0.15) is 0 Å². The van der Waals surface area contributed by atoms with E-state index in [1.54, 1.807) is 20.8 Å². The molecular formula is C17H23Cl3N2O5S. The molecule has 1 aromatic heterocycles. The Kier molecular flexibility index (Phi) is 9.83. The van der Waals surface area contributed by atoms with Crippen molar-refractivity contribution >= 4 is 69.0 Å². The van der Waals surface area contributed by atoms with Crippen molar-refractivity contribution in [3.8, 4) is 0 Å². The molecule has 0 fully saturated rings.